The highest BCUT2D eigenvalue weighted by Gasteiger charge is 2.41. The van der Waals surface area contributed by atoms with E-state index in [0.29, 0.717) is 13.2 Å². The van der Waals surface area contributed by atoms with Crippen molar-refractivity contribution in [2.45, 2.75) is 25.9 Å². The van der Waals surface area contributed by atoms with Crippen LogP contribution >= 0.6 is 0 Å². The third-order valence-electron chi connectivity index (χ3n) is 2.37. The number of hydrogen-bond donors (Lipinski definition) is 2. The third-order valence-corrected chi connectivity index (χ3v) is 2.37. The standard InChI is InChI=1S/C11H16F3N3O4/c12-11(13,14)10(19)21-7-9-5-8(6-18)16-17(9)2-4-20-3-1-15/h5,18H,1-4,6-7,15H2. The van der Waals surface area contributed by atoms with E-state index in [2.05, 4.69) is 9.84 Å². The number of nitrogens with zero attached hydrogens (tertiary/aromatic N) is 2. The minimum absolute atomic E-state index is 0.230. The summed E-state index contributed by atoms with van der Waals surface area (Å²) in [6, 6.07) is 1.35. The number of aromatic nitrogens is 2. The molecule has 0 bridgehead atoms. The summed E-state index contributed by atoms with van der Waals surface area (Å²) in [6.07, 6.45) is -5.05. The molecule has 0 saturated heterocycles. The highest BCUT2D eigenvalue weighted by atomic mass is 19.4. The Labute approximate surface area is 118 Å². The molecule has 0 aromatic carbocycles. The van der Waals surface area contributed by atoms with Gasteiger partial charge in [0.2, 0.25) is 0 Å². The van der Waals surface area contributed by atoms with Gasteiger partial charge in [0.25, 0.3) is 0 Å². The van der Waals surface area contributed by atoms with Crippen LogP contribution in [-0.4, -0.2) is 46.8 Å². The summed E-state index contributed by atoms with van der Waals surface area (Å²) in [5.41, 5.74) is 5.73. The predicted octanol–water partition coefficient (Wildman–Crippen LogP) is -0.0438. The fraction of sp³-hybridized carbons (Fsp3) is 0.636. The van der Waals surface area contributed by atoms with Crippen LogP contribution in [-0.2, 0) is 34.0 Å². The van der Waals surface area contributed by atoms with Crippen LogP contribution < -0.4 is 5.73 Å². The van der Waals surface area contributed by atoms with E-state index in [1.165, 1.54) is 10.7 Å². The monoisotopic (exact) mass is 311 g/mol. The lowest BCUT2D eigenvalue weighted by atomic mass is 10.3. The molecule has 0 aliphatic rings. The van der Waals surface area contributed by atoms with Gasteiger partial charge in [-0.15, -0.1) is 0 Å². The number of halogens is 3. The molecule has 0 amide bonds. The van der Waals surface area contributed by atoms with E-state index in [1.807, 2.05) is 0 Å². The van der Waals surface area contributed by atoms with Crippen LogP contribution in [0.25, 0.3) is 0 Å². The molecule has 1 aromatic heterocycles. The molecule has 0 aliphatic heterocycles. The zero-order chi connectivity index (χ0) is 15.9. The Morgan fingerprint density at radius 2 is 2.14 bits per heavy atom. The van der Waals surface area contributed by atoms with Crippen molar-refractivity contribution in [1.82, 2.24) is 9.78 Å². The Kier molecular flexibility index (Phi) is 6.59. The lowest BCUT2D eigenvalue weighted by Gasteiger charge is -2.09. The van der Waals surface area contributed by atoms with E-state index in [1.54, 1.807) is 0 Å². The van der Waals surface area contributed by atoms with Crippen LogP contribution in [0.2, 0.25) is 0 Å². The first-order chi connectivity index (χ1) is 9.88. The highest BCUT2D eigenvalue weighted by molar-refractivity contribution is 5.75. The molecule has 1 heterocycles. The average molecular weight is 311 g/mol. The van der Waals surface area contributed by atoms with Crippen molar-refractivity contribution in [3.63, 3.8) is 0 Å². The zero-order valence-corrected chi connectivity index (χ0v) is 11.1. The Balaban J connectivity index is 2.62. The second kappa shape index (κ2) is 7.96. The minimum atomic E-state index is -5.05. The van der Waals surface area contributed by atoms with E-state index in [0.717, 1.165) is 0 Å². The molecule has 0 unspecified atom stereocenters. The first kappa shape index (κ1) is 17.4. The molecule has 7 nitrogen and oxygen atoms in total. The zero-order valence-electron chi connectivity index (χ0n) is 11.1. The Morgan fingerprint density at radius 3 is 2.71 bits per heavy atom. The number of ether oxygens (including phenoxy) is 2. The van der Waals surface area contributed by atoms with Crippen LogP contribution in [0.5, 0.6) is 0 Å². The van der Waals surface area contributed by atoms with Gasteiger partial charge in [0.1, 0.15) is 6.61 Å². The van der Waals surface area contributed by atoms with Gasteiger partial charge in [0.05, 0.1) is 37.8 Å². The normalized spacial score (nSPS) is 11.7. The van der Waals surface area contributed by atoms with Crippen molar-refractivity contribution >= 4 is 5.97 Å². The second-order valence-electron chi connectivity index (χ2n) is 3.98. The summed E-state index contributed by atoms with van der Waals surface area (Å²) < 4.78 is 46.7. The summed E-state index contributed by atoms with van der Waals surface area (Å²) in [4.78, 5) is 10.7. The van der Waals surface area contributed by atoms with E-state index in [9.17, 15) is 18.0 Å². The van der Waals surface area contributed by atoms with Gasteiger partial charge >= 0.3 is 12.1 Å². The Hall–Kier alpha value is -1.65. The summed E-state index contributed by atoms with van der Waals surface area (Å²) in [5, 5.41) is 12.9. The molecule has 120 valence electrons. The first-order valence-corrected chi connectivity index (χ1v) is 6.06. The molecular weight excluding hydrogens is 295 g/mol. The van der Waals surface area contributed by atoms with E-state index in [-0.39, 0.29) is 31.1 Å². The Bertz CT molecular complexity index is 462. The van der Waals surface area contributed by atoms with Crippen LogP contribution in [0.3, 0.4) is 0 Å². The van der Waals surface area contributed by atoms with E-state index in [4.69, 9.17) is 15.6 Å². The molecule has 10 heteroatoms. The number of carbonyl (C=O) groups excluding carboxylic acids is 1. The molecule has 0 aliphatic carbocycles. The maximum absolute atomic E-state index is 12.0. The number of aliphatic hydroxyl groups is 1. The van der Waals surface area contributed by atoms with Crippen molar-refractivity contribution < 1.29 is 32.5 Å². The van der Waals surface area contributed by atoms with Gasteiger partial charge in [-0.1, -0.05) is 0 Å². The largest absolute Gasteiger partial charge is 0.490 e. The summed E-state index contributed by atoms with van der Waals surface area (Å²) in [7, 11) is 0. The van der Waals surface area contributed by atoms with E-state index < -0.39 is 18.8 Å². The lowest BCUT2D eigenvalue weighted by Crippen LogP contribution is -2.25. The van der Waals surface area contributed by atoms with Gasteiger partial charge in [0, 0.05) is 6.54 Å². The topological polar surface area (TPSA) is 99.6 Å². The molecule has 0 fully saturated rings. The predicted molar refractivity (Wildman–Crippen MR) is 63.9 cm³/mol. The van der Waals surface area contributed by atoms with Gasteiger partial charge < -0.3 is 20.3 Å². The van der Waals surface area contributed by atoms with Crippen LogP contribution in [0.1, 0.15) is 11.4 Å². The van der Waals surface area contributed by atoms with Crippen molar-refractivity contribution in [2.24, 2.45) is 5.73 Å². The third kappa shape index (κ3) is 5.69. The average Bonchev–Trinajstić information content (AvgIpc) is 2.82. The van der Waals surface area contributed by atoms with Crippen LogP contribution in [0, 0.1) is 0 Å². The lowest BCUT2D eigenvalue weighted by molar-refractivity contribution is -0.201. The molecule has 0 atom stereocenters. The number of aliphatic hydroxyl groups excluding tert-OH is 1. The molecule has 1 aromatic rings. The van der Waals surface area contributed by atoms with Crippen LogP contribution in [0.15, 0.2) is 6.07 Å². The molecular formula is C11H16F3N3O4. The molecule has 21 heavy (non-hydrogen) atoms. The molecule has 0 spiro atoms. The van der Waals surface area contributed by atoms with Crippen molar-refractivity contribution in [1.29, 1.82) is 0 Å². The summed E-state index contributed by atoms with van der Waals surface area (Å²) >= 11 is 0. The molecule has 3 N–H and O–H groups in total. The second-order valence-corrected chi connectivity index (χ2v) is 3.98. The summed E-state index contributed by atoms with van der Waals surface area (Å²) in [6.45, 7) is 0.186. The Morgan fingerprint density at radius 1 is 1.43 bits per heavy atom. The van der Waals surface area contributed by atoms with Crippen LogP contribution in [0.4, 0.5) is 13.2 Å². The first-order valence-electron chi connectivity index (χ1n) is 6.06. The van der Waals surface area contributed by atoms with Gasteiger partial charge in [-0.05, 0) is 6.07 Å². The van der Waals surface area contributed by atoms with Gasteiger partial charge in [0.15, 0.2) is 0 Å². The quantitative estimate of drug-likeness (QED) is 0.516. The number of carbonyl (C=O) groups is 1. The van der Waals surface area contributed by atoms with E-state index >= 15 is 0 Å². The maximum Gasteiger partial charge on any atom is 0.490 e. The molecule has 1 rings (SSSR count). The summed E-state index contributed by atoms with van der Waals surface area (Å²) in [5.74, 6) is -2.28. The molecule has 0 saturated carbocycles. The number of nitrogens with two attached hydrogens (primary N) is 1. The number of alkyl halides is 3. The van der Waals surface area contributed by atoms with Crippen molar-refractivity contribution in [3.05, 3.63) is 17.5 Å². The van der Waals surface area contributed by atoms with Gasteiger partial charge in [-0.25, -0.2) is 4.79 Å². The highest BCUT2D eigenvalue weighted by Crippen LogP contribution is 2.18. The number of esters is 1. The van der Waals surface area contributed by atoms with Crippen molar-refractivity contribution in [3.8, 4) is 0 Å². The van der Waals surface area contributed by atoms with Gasteiger partial charge in [-0.3, -0.25) is 4.68 Å². The fourth-order valence-corrected chi connectivity index (χ4v) is 1.46. The number of rotatable bonds is 8. The van der Waals surface area contributed by atoms with Crippen molar-refractivity contribution in [2.75, 3.05) is 19.8 Å². The number of hydrogen-bond acceptors (Lipinski definition) is 6. The SMILES string of the molecule is NCCOCCn1nc(CO)cc1COC(=O)C(F)(F)F. The van der Waals surface area contributed by atoms with Gasteiger partial charge in [-0.2, -0.15) is 18.3 Å². The smallest absolute Gasteiger partial charge is 0.453 e. The molecule has 0 radical (unpaired) electrons. The fourth-order valence-electron chi connectivity index (χ4n) is 1.46. The maximum atomic E-state index is 12.0. The minimum Gasteiger partial charge on any atom is -0.453 e.